The van der Waals surface area contributed by atoms with Crippen molar-refractivity contribution in [3.63, 3.8) is 0 Å². The molecule has 0 bridgehead atoms. The van der Waals surface area contributed by atoms with Gasteiger partial charge in [0.1, 0.15) is 5.82 Å². The van der Waals surface area contributed by atoms with Gasteiger partial charge in [0.25, 0.3) is 10.0 Å². The molecule has 0 aliphatic carbocycles. The fraction of sp³-hybridized carbons (Fsp3) is 0.174. The summed E-state index contributed by atoms with van der Waals surface area (Å²) in [6.07, 6.45) is 0. The van der Waals surface area contributed by atoms with Gasteiger partial charge in [0, 0.05) is 23.9 Å². The number of anilines is 1. The summed E-state index contributed by atoms with van der Waals surface area (Å²) in [5, 5.41) is 0. The molecule has 0 amide bonds. The third kappa shape index (κ3) is 4.05. The van der Waals surface area contributed by atoms with Crippen LogP contribution in [0.5, 0.6) is 0 Å². The zero-order valence-electron chi connectivity index (χ0n) is 18.0. The molecule has 9 heteroatoms. The molecule has 0 aliphatic rings. The van der Waals surface area contributed by atoms with E-state index in [1.54, 1.807) is 56.6 Å². The Kier molecular flexibility index (Phi) is 5.64. The van der Waals surface area contributed by atoms with Gasteiger partial charge in [-0.1, -0.05) is 17.8 Å². The highest BCUT2D eigenvalue weighted by atomic mass is 32.2. The van der Waals surface area contributed by atoms with Gasteiger partial charge in [-0.15, -0.1) is 0 Å². The zero-order chi connectivity index (χ0) is 23.2. The first-order valence-corrected chi connectivity index (χ1v) is 12.1. The van der Waals surface area contributed by atoms with Crippen molar-refractivity contribution in [1.82, 2.24) is 9.13 Å². The molecule has 1 aromatic heterocycles. The normalized spacial score (nSPS) is 11.8. The van der Waals surface area contributed by atoms with Crippen LogP contribution >= 0.6 is 11.8 Å². The molecule has 0 aliphatic heterocycles. The van der Waals surface area contributed by atoms with E-state index in [0.717, 1.165) is 16.0 Å². The van der Waals surface area contributed by atoms with Gasteiger partial charge >= 0.3 is 5.69 Å². The maximum absolute atomic E-state index is 13.3. The van der Waals surface area contributed by atoms with Crippen LogP contribution < -0.4 is 10.4 Å². The Morgan fingerprint density at radius 3 is 2.12 bits per heavy atom. The molecule has 0 spiro atoms. The van der Waals surface area contributed by atoms with E-state index in [1.807, 2.05) is 13.8 Å². The van der Waals surface area contributed by atoms with Crippen molar-refractivity contribution in [3.05, 3.63) is 82.0 Å². The molecule has 0 unspecified atom stereocenters. The molecular weight excluding hydrogens is 449 g/mol. The van der Waals surface area contributed by atoms with Crippen molar-refractivity contribution in [2.45, 2.75) is 28.5 Å². The van der Waals surface area contributed by atoms with Crippen LogP contribution in [0.4, 0.5) is 10.1 Å². The number of fused-ring (bicyclic) bond motifs is 1. The molecule has 0 saturated heterocycles. The van der Waals surface area contributed by atoms with E-state index in [9.17, 15) is 17.6 Å². The Bertz CT molecular complexity index is 1500. The Balaban J connectivity index is 1.85. The fourth-order valence-electron chi connectivity index (χ4n) is 3.40. The molecule has 6 nitrogen and oxygen atoms in total. The SMILES string of the molecule is Cc1ccc(S(=O)(=O)Nc2cc3c(cc2Sc2ccc(F)cc2)n(C)c(=O)n3C)cc1C. The van der Waals surface area contributed by atoms with E-state index in [1.165, 1.54) is 33.0 Å². The Morgan fingerprint density at radius 1 is 0.875 bits per heavy atom. The number of halogens is 1. The van der Waals surface area contributed by atoms with Gasteiger partial charge in [-0.25, -0.2) is 17.6 Å². The molecule has 1 heterocycles. The van der Waals surface area contributed by atoms with Crippen LogP contribution in [0.25, 0.3) is 11.0 Å². The molecule has 0 saturated carbocycles. The number of hydrogen-bond acceptors (Lipinski definition) is 4. The van der Waals surface area contributed by atoms with Crippen molar-refractivity contribution < 1.29 is 12.8 Å². The predicted molar refractivity (Wildman–Crippen MR) is 125 cm³/mol. The monoisotopic (exact) mass is 471 g/mol. The standard InChI is InChI=1S/C23H22FN3O3S2/c1-14-5-10-18(11-15(14)2)32(29,30)25-19-12-20-21(27(4)23(28)26(20)3)13-22(19)31-17-8-6-16(24)7-9-17/h5-13,25H,1-4H3. The molecule has 1 N–H and O–H groups in total. The number of benzene rings is 3. The molecule has 32 heavy (non-hydrogen) atoms. The Labute approximate surface area is 189 Å². The summed E-state index contributed by atoms with van der Waals surface area (Å²) in [5.74, 6) is -0.356. The van der Waals surface area contributed by atoms with Crippen LogP contribution in [0.1, 0.15) is 11.1 Å². The molecule has 4 rings (SSSR count). The quantitative estimate of drug-likeness (QED) is 0.462. The van der Waals surface area contributed by atoms with Crippen molar-refractivity contribution in [2.24, 2.45) is 14.1 Å². The molecule has 3 aromatic carbocycles. The van der Waals surface area contributed by atoms with Crippen molar-refractivity contribution in [1.29, 1.82) is 0 Å². The average Bonchev–Trinajstić information content (AvgIpc) is 2.95. The number of hydrogen-bond donors (Lipinski definition) is 1. The van der Waals surface area contributed by atoms with E-state index < -0.39 is 10.0 Å². The van der Waals surface area contributed by atoms with E-state index in [0.29, 0.717) is 21.6 Å². The number of aryl methyl sites for hydroxylation is 4. The van der Waals surface area contributed by atoms with Gasteiger partial charge in [0.15, 0.2) is 0 Å². The minimum absolute atomic E-state index is 0.153. The summed E-state index contributed by atoms with van der Waals surface area (Å²) in [7, 11) is -0.576. The van der Waals surface area contributed by atoms with Crippen LogP contribution in [0, 0.1) is 19.7 Å². The highest BCUT2D eigenvalue weighted by molar-refractivity contribution is 7.99. The molecular formula is C23H22FN3O3S2. The lowest BCUT2D eigenvalue weighted by Crippen LogP contribution is -2.19. The fourth-order valence-corrected chi connectivity index (χ4v) is 5.54. The van der Waals surface area contributed by atoms with Crippen LogP contribution in [-0.2, 0) is 24.1 Å². The van der Waals surface area contributed by atoms with Crippen molar-refractivity contribution >= 4 is 38.5 Å². The molecule has 166 valence electrons. The van der Waals surface area contributed by atoms with Crippen LogP contribution in [0.15, 0.2) is 74.1 Å². The second-order valence-electron chi connectivity index (χ2n) is 7.65. The highest BCUT2D eigenvalue weighted by Gasteiger charge is 2.20. The average molecular weight is 472 g/mol. The summed E-state index contributed by atoms with van der Waals surface area (Å²) in [4.78, 5) is 13.9. The van der Waals surface area contributed by atoms with Crippen molar-refractivity contribution in [2.75, 3.05) is 4.72 Å². The van der Waals surface area contributed by atoms with Crippen LogP contribution in [-0.4, -0.2) is 17.6 Å². The lowest BCUT2D eigenvalue weighted by molar-refractivity contribution is 0.601. The summed E-state index contributed by atoms with van der Waals surface area (Å²) in [5.41, 5.74) is 3.25. The first-order valence-electron chi connectivity index (χ1n) is 9.80. The zero-order valence-corrected chi connectivity index (χ0v) is 19.6. The second kappa shape index (κ2) is 8.14. The third-order valence-corrected chi connectivity index (χ3v) is 7.88. The van der Waals surface area contributed by atoms with Gasteiger partial charge in [-0.3, -0.25) is 13.9 Å². The van der Waals surface area contributed by atoms with Gasteiger partial charge in [0.2, 0.25) is 0 Å². The number of nitrogens with one attached hydrogen (secondary N) is 1. The third-order valence-electron chi connectivity index (χ3n) is 5.45. The first kappa shape index (κ1) is 22.2. The summed E-state index contributed by atoms with van der Waals surface area (Å²) < 4.78 is 45.3. The van der Waals surface area contributed by atoms with Crippen LogP contribution in [0.2, 0.25) is 0 Å². The Morgan fingerprint density at radius 2 is 1.50 bits per heavy atom. The molecule has 0 radical (unpaired) electrons. The lowest BCUT2D eigenvalue weighted by atomic mass is 10.1. The van der Waals surface area contributed by atoms with Gasteiger partial charge in [-0.2, -0.15) is 0 Å². The summed E-state index contributed by atoms with van der Waals surface area (Å²) in [6, 6.07) is 14.3. The Hall–Kier alpha value is -3.04. The minimum atomic E-state index is -3.88. The second-order valence-corrected chi connectivity index (χ2v) is 10.4. The molecule has 0 atom stereocenters. The summed E-state index contributed by atoms with van der Waals surface area (Å²) >= 11 is 1.28. The predicted octanol–water partition coefficient (Wildman–Crippen LogP) is 4.58. The van der Waals surface area contributed by atoms with Crippen LogP contribution in [0.3, 0.4) is 0 Å². The minimum Gasteiger partial charge on any atom is -0.295 e. The molecule has 4 aromatic rings. The van der Waals surface area contributed by atoms with E-state index >= 15 is 0 Å². The number of imidazole rings is 1. The number of rotatable bonds is 5. The number of nitrogens with zero attached hydrogens (tertiary/aromatic N) is 2. The number of sulfonamides is 1. The van der Waals surface area contributed by atoms with Gasteiger partial charge in [0.05, 0.1) is 21.6 Å². The lowest BCUT2D eigenvalue weighted by Gasteiger charge is -2.14. The first-order chi connectivity index (χ1) is 15.1. The molecule has 0 fully saturated rings. The van der Waals surface area contributed by atoms with E-state index in [2.05, 4.69) is 4.72 Å². The largest absolute Gasteiger partial charge is 0.328 e. The highest BCUT2D eigenvalue weighted by Crippen LogP contribution is 2.37. The maximum Gasteiger partial charge on any atom is 0.328 e. The van der Waals surface area contributed by atoms with E-state index in [-0.39, 0.29) is 16.4 Å². The van der Waals surface area contributed by atoms with E-state index in [4.69, 9.17) is 0 Å². The number of aromatic nitrogens is 2. The smallest absolute Gasteiger partial charge is 0.295 e. The summed E-state index contributed by atoms with van der Waals surface area (Å²) in [6.45, 7) is 3.77. The van der Waals surface area contributed by atoms with Crippen molar-refractivity contribution in [3.8, 4) is 0 Å². The van der Waals surface area contributed by atoms with Gasteiger partial charge in [-0.05, 0) is 73.5 Å². The topological polar surface area (TPSA) is 73.1 Å². The maximum atomic E-state index is 13.3. The van der Waals surface area contributed by atoms with Gasteiger partial charge < -0.3 is 0 Å².